The van der Waals surface area contributed by atoms with Gasteiger partial charge in [0.2, 0.25) is 0 Å². The maximum atomic E-state index is 13.5. The highest BCUT2D eigenvalue weighted by atomic mass is 35.5. The van der Waals surface area contributed by atoms with Crippen LogP contribution in [0.4, 0.5) is 22.6 Å². The Morgan fingerprint density at radius 1 is 1.03 bits per heavy atom. The average molecular weight is 471 g/mol. The molecule has 162 valence electrons. The quantitative estimate of drug-likeness (QED) is 0.440. The third-order valence-electron chi connectivity index (χ3n) is 4.27. The van der Waals surface area contributed by atoms with Gasteiger partial charge in [0.1, 0.15) is 5.82 Å². The van der Waals surface area contributed by atoms with Gasteiger partial charge in [0, 0.05) is 0 Å². The van der Waals surface area contributed by atoms with Crippen LogP contribution in [0.15, 0.2) is 54.6 Å². The van der Waals surface area contributed by atoms with Gasteiger partial charge in [-0.25, -0.2) is 4.39 Å². The lowest BCUT2D eigenvalue weighted by atomic mass is 10.1. The largest absolute Gasteiger partial charge is 0.412 e. The van der Waals surface area contributed by atoms with Crippen LogP contribution in [-0.2, 0) is 0 Å². The van der Waals surface area contributed by atoms with Crippen LogP contribution in [-0.4, -0.2) is 18.0 Å². The fraction of sp³-hybridized carbons (Fsp3) is 0.143. The Balaban J connectivity index is 1.79. The molecule has 2 N–H and O–H groups in total. The summed E-state index contributed by atoms with van der Waals surface area (Å²) in [6.07, 6.45) is -4.70. The van der Waals surface area contributed by atoms with Crippen molar-refractivity contribution in [3.05, 3.63) is 87.0 Å². The van der Waals surface area contributed by atoms with Gasteiger partial charge in [0.25, 0.3) is 11.8 Å². The molecular weight excluding hydrogens is 456 g/mol. The maximum Gasteiger partial charge on any atom is 0.412 e. The molecule has 0 bridgehead atoms. The summed E-state index contributed by atoms with van der Waals surface area (Å²) in [5.41, 5.74) is 0.301. The lowest BCUT2D eigenvalue weighted by Crippen LogP contribution is -2.38. The van der Waals surface area contributed by atoms with Crippen molar-refractivity contribution in [1.29, 1.82) is 0 Å². The molecular formula is C21H15ClF4N2O2S. The van der Waals surface area contributed by atoms with Crippen molar-refractivity contribution in [2.75, 3.05) is 5.32 Å². The minimum Gasteiger partial charge on any atom is -0.336 e. The maximum absolute atomic E-state index is 13.5. The Hall–Kier alpha value is -2.91. The van der Waals surface area contributed by atoms with E-state index in [0.29, 0.717) is 5.56 Å². The predicted molar refractivity (Wildman–Crippen MR) is 111 cm³/mol. The van der Waals surface area contributed by atoms with Crippen LogP contribution >= 0.6 is 22.9 Å². The van der Waals surface area contributed by atoms with Crippen molar-refractivity contribution in [3.8, 4) is 0 Å². The van der Waals surface area contributed by atoms with Crippen molar-refractivity contribution < 1.29 is 27.2 Å². The second-order valence-corrected chi connectivity index (χ2v) is 8.02. The number of carbonyl (C=O) groups excluding carboxylic acids is 2. The molecule has 0 aliphatic heterocycles. The fourth-order valence-corrected chi connectivity index (χ4v) is 4.04. The number of alkyl halides is 3. The molecule has 0 radical (unpaired) electrons. The summed E-state index contributed by atoms with van der Waals surface area (Å²) in [6.45, 7) is 1.54. The molecule has 0 spiro atoms. The SMILES string of the molecule is Cc1cc(NC(=O)c2ccc(F)cc2Cl)sc1C(=O)NC(c1ccccc1)C(F)(F)F. The van der Waals surface area contributed by atoms with Crippen molar-refractivity contribution >= 4 is 39.8 Å². The van der Waals surface area contributed by atoms with E-state index < -0.39 is 29.8 Å². The van der Waals surface area contributed by atoms with Gasteiger partial charge in [-0.2, -0.15) is 13.2 Å². The van der Waals surface area contributed by atoms with E-state index >= 15 is 0 Å². The fourth-order valence-electron chi connectivity index (χ4n) is 2.82. The Labute approximate surface area is 183 Å². The summed E-state index contributed by atoms with van der Waals surface area (Å²) in [4.78, 5) is 25.0. The first-order chi connectivity index (χ1) is 14.6. The van der Waals surface area contributed by atoms with Crippen LogP contribution in [0.3, 0.4) is 0 Å². The monoisotopic (exact) mass is 470 g/mol. The van der Waals surface area contributed by atoms with E-state index in [1.54, 1.807) is 6.07 Å². The van der Waals surface area contributed by atoms with Crippen LogP contribution in [0, 0.1) is 12.7 Å². The standard InChI is InChI=1S/C21H15ClF4N2O2S/c1-11-9-16(27-19(29)14-8-7-13(23)10-15(14)22)31-17(11)20(30)28-18(21(24,25)26)12-5-3-2-4-6-12/h2-10,18H,1H3,(H,27,29)(H,28,30). The normalized spacial score (nSPS) is 12.3. The highest BCUT2D eigenvalue weighted by molar-refractivity contribution is 7.18. The van der Waals surface area contributed by atoms with Gasteiger partial charge >= 0.3 is 6.18 Å². The molecule has 3 rings (SSSR count). The van der Waals surface area contributed by atoms with E-state index in [-0.39, 0.29) is 26.0 Å². The van der Waals surface area contributed by atoms with Gasteiger partial charge in [-0.05, 0) is 42.3 Å². The van der Waals surface area contributed by atoms with Gasteiger partial charge in [-0.3, -0.25) is 9.59 Å². The van der Waals surface area contributed by atoms with Crippen molar-refractivity contribution in [2.45, 2.75) is 19.1 Å². The summed E-state index contributed by atoms with van der Waals surface area (Å²) < 4.78 is 53.7. The summed E-state index contributed by atoms with van der Waals surface area (Å²) >= 11 is 6.69. The predicted octanol–water partition coefficient (Wildman–Crippen LogP) is 6.13. The molecule has 31 heavy (non-hydrogen) atoms. The average Bonchev–Trinajstić information content (AvgIpc) is 3.05. The molecule has 0 saturated carbocycles. The molecule has 1 heterocycles. The van der Waals surface area contributed by atoms with E-state index in [9.17, 15) is 27.2 Å². The number of amides is 2. The molecule has 3 aromatic rings. The van der Waals surface area contributed by atoms with E-state index in [2.05, 4.69) is 5.32 Å². The van der Waals surface area contributed by atoms with E-state index in [1.165, 1.54) is 43.3 Å². The summed E-state index contributed by atoms with van der Waals surface area (Å²) in [5, 5.41) is 4.67. The Morgan fingerprint density at radius 2 is 1.71 bits per heavy atom. The first-order valence-corrected chi connectivity index (χ1v) is 10.0. The second kappa shape index (κ2) is 9.07. The summed E-state index contributed by atoms with van der Waals surface area (Å²) in [5.74, 6) is -2.17. The molecule has 4 nitrogen and oxygen atoms in total. The van der Waals surface area contributed by atoms with Crippen LogP contribution in [0.5, 0.6) is 0 Å². The number of carbonyl (C=O) groups is 2. The van der Waals surface area contributed by atoms with Crippen LogP contribution in [0.1, 0.15) is 37.2 Å². The number of hydrogen-bond acceptors (Lipinski definition) is 3. The Morgan fingerprint density at radius 3 is 2.32 bits per heavy atom. The minimum atomic E-state index is -4.70. The van der Waals surface area contributed by atoms with Crippen LogP contribution < -0.4 is 10.6 Å². The van der Waals surface area contributed by atoms with Crippen LogP contribution in [0.2, 0.25) is 5.02 Å². The summed E-state index contributed by atoms with van der Waals surface area (Å²) in [7, 11) is 0. The molecule has 0 fully saturated rings. The molecule has 0 aliphatic carbocycles. The third-order valence-corrected chi connectivity index (χ3v) is 5.74. The van der Waals surface area contributed by atoms with Gasteiger partial charge in [-0.15, -0.1) is 11.3 Å². The number of halogens is 5. The third kappa shape index (κ3) is 5.42. The number of aryl methyl sites for hydroxylation is 1. The highest BCUT2D eigenvalue weighted by Crippen LogP contribution is 2.34. The highest BCUT2D eigenvalue weighted by Gasteiger charge is 2.42. The first kappa shape index (κ1) is 22.8. The first-order valence-electron chi connectivity index (χ1n) is 8.85. The minimum absolute atomic E-state index is 0.0151. The summed E-state index contributed by atoms with van der Waals surface area (Å²) in [6, 6.07) is 9.56. The number of benzene rings is 2. The van der Waals surface area contributed by atoms with E-state index in [1.807, 2.05) is 5.32 Å². The van der Waals surface area contributed by atoms with E-state index in [0.717, 1.165) is 23.5 Å². The number of nitrogens with one attached hydrogen (secondary N) is 2. The van der Waals surface area contributed by atoms with Crippen molar-refractivity contribution in [2.24, 2.45) is 0 Å². The van der Waals surface area contributed by atoms with Gasteiger partial charge < -0.3 is 10.6 Å². The zero-order valence-electron chi connectivity index (χ0n) is 15.9. The Kier molecular flexibility index (Phi) is 6.66. The number of rotatable bonds is 5. The smallest absolute Gasteiger partial charge is 0.336 e. The zero-order chi connectivity index (χ0) is 22.8. The molecule has 2 aromatic carbocycles. The molecule has 10 heteroatoms. The molecule has 0 saturated heterocycles. The van der Waals surface area contributed by atoms with Gasteiger partial charge in [0.15, 0.2) is 6.04 Å². The van der Waals surface area contributed by atoms with Crippen molar-refractivity contribution in [3.63, 3.8) is 0 Å². The molecule has 2 amide bonds. The number of hydrogen-bond donors (Lipinski definition) is 2. The topological polar surface area (TPSA) is 58.2 Å². The zero-order valence-corrected chi connectivity index (χ0v) is 17.5. The second-order valence-electron chi connectivity index (χ2n) is 6.56. The van der Waals surface area contributed by atoms with E-state index in [4.69, 9.17) is 11.6 Å². The lowest BCUT2D eigenvalue weighted by Gasteiger charge is -2.22. The number of thiophene rings is 1. The van der Waals surface area contributed by atoms with Gasteiger partial charge in [0.05, 0.1) is 20.5 Å². The van der Waals surface area contributed by atoms with Gasteiger partial charge in [-0.1, -0.05) is 41.9 Å². The number of anilines is 1. The van der Waals surface area contributed by atoms with Crippen molar-refractivity contribution in [1.82, 2.24) is 5.32 Å². The molecule has 1 atom stereocenters. The van der Waals surface area contributed by atoms with Crippen LogP contribution in [0.25, 0.3) is 0 Å². The Bertz CT molecular complexity index is 1120. The molecule has 1 aromatic heterocycles. The lowest BCUT2D eigenvalue weighted by molar-refractivity contribution is -0.155. The molecule has 0 aliphatic rings. The molecule has 1 unspecified atom stereocenters.